The summed E-state index contributed by atoms with van der Waals surface area (Å²) in [6.07, 6.45) is 1.68. The predicted octanol–water partition coefficient (Wildman–Crippen LogP) is 0.721. The van der Waals surface area contributed by atoms with E-state index in [0.29, 0.717) is 29.9 Å². The number of nitrogens with two attached hydrogens (primary N) is 1. The molecule has 2 aromatic heterocycles. The highest BCUT2D eigenvalue weighted by molar-refractivity contribution is 5.87. The minimum Gasteiger partial charge on any atom is -0.383 e. The van der Waals surface area contributed by atoms with E-state index in [9.17, 15) is 0 Å². The van der Waals surface area contributed by atoms with Gasteiger partial charge in [0.05, 0.1) is 24.2 Å². The van der Waals surface area contributed by atoms with E-state index >= 15 is 0 Å². The number of aromatic nitrogens is 4. The lowest BCUT2D eigenvalue weighted by Crippen LogP contribution is -2.31. The van der Waals surface area contributed by atoms with Crippen molar-refractivity contribution in [3.05, 3.63) is 6.20 Å². The Kier molecular flexibility index (Phi) is 4.13. The molecule has 8 nitrogen and oxygen atoms in total. The Morgan fingerprint density at radius 2 is 2.21 bits per heavy atom. The fraction of sp³-hybridized carbons (Fsp3) is 0.545. The number of fused-ring (bicyclic) bond motifs is 1. The number of anilines is 2. The lowest BCUT2D eigenvalue weighted by atomic mass is 10.1. The second-order valence-electron chi connectivity index (χ2n) is 4.62. The van der Waals surface area contributed by atoms with Gasteiger partial charge in [0.2, 0.25) is 5.95 Å². The lowest BCUT2D eigenvalue weighted by Gasteiger charge is -2.22. The lowest BCUT2D eigenvalue weighted by molar-refractivity contribution is 0.171. The van der Waals surface area contributed by atoms with Crippen molar-refractivity contribution < 1.29 is 4.74 Å². The minimum absolute atomic E-state index is 0.142. The van der Waals surface area contributed by atoms with Gasteiger partial charge in [0.1, 0.15) is 5.82 Å². The number of ether oxygens (including phenoxy) is 1. The summed E-state index contributed by atoms with van der Waals surface area (Å²) in [5, 5.41) is 10.9. The Balaban J connectivity index is 2.34. The van der Waals surface area contributed by atoms with E-state index in [1.165, 1.54) is 0 Å². The summed E-state index contributed by atoms with van der Waals surface area (Å²) in [4.78, 5) is 8.50. The number of hydrogen-bond acceptors (Lipinski definition) is 7. The SMILES string of the molecule is COCC(Nc1nc(NN)nc2[nH]ncc12)C(C)C. The van der Waals surface area contributed by atoms with Crippen molar-refractivity contribution in [2.24, 2.45) is 11.8 Å². The van der Waals surface area contributed by atoms with Crippen LogP contribution in [0.3, 0.4) is 0 Å². The van der Waals surface area contributed by atoms with Crippen LogP contribution in [0, 0.1) is 5.92 Å². The Morgan fingerprint density at radius 3 is 2.84 bits per heavy atom. The second-order valence-corrected chi connectivity index (χ2v) is 4.62. The zero-order chi connectivity index (χ0) is 13.8. The maximum atomic E-state index is 5.37. The van der Waals surface area contributed by atoms with Gasteiger partial charge in [-0.1, -0.05) is 13.8 Å². The van der Waals surface area contributed by atoms with Crippen molar-refractivity contribution >= 4 is 22.8 Å². The first-order valence-electron chi connectivity index (χ1n) is 6.09. The van der Waals surface area contributed by atoms with Crippen molar-refractivity contribution in [1.82, 2.24) is 20.2 Å². The molecule has 2 rings (SSSR count). The van der Waals surface area contributed by atoms with Crippen LogP contribution in [0.5, 0.6) is 0 Å². The standard InChI is InChI=1S/C11H19N7O/c1-6(2)8(5-19-3)14-9-7-4-13-18-10(7)16-11(15-9)17-12/h4,6,8H,5,12H2,1-3H3,(H3,13,14,15,16,17,18). The Hall–Kier alpha value is -1.93. The van der Waals surface area contributed by atoms with Gasteiger partial charge >= 0.3 is 0 Å². The van der Waals surface area contributed by atoms with Gasteiger partial charge in [-0.15, -0.1) is 0 Å². The maximum absolute atomic E-state index is 5.37. The highest BCUT2D eigenvalue weighted by Gasteiger charge is 2.17. The van der Waals surface area contributed by atoms with Crippen LogP contribution >= 0.6 is 0 Å². The first-order valence-corrected chi connectivity index (χ1v) is 6.09. The van der Waals surface area contributed by atoms with Gasteiger partial charge in [0, 0.05) is 7.11 Å². The molecule has 0 aliphatic carbocycles. The molecule has 104 valence electrons. The summed E-state index contributed by atoms with van der Waals surface area (Å²) in [7, 11) is 1.68. The summed E-state index contributed by atoms with van der Waals surface area (Å²) < 4.78 is 5.22. The third-order valence-corrected chi connectivity index (χ3v) is 2.91. The largest absolute Gasteiger partial charge is 0.383 e. The monoisotopic (exact) mass is 265 g/mol. The van der Waals surface area contributed by atoms with Gasteiger partial charge in [-0.3, -0.25) is 10.5 Å². The first kappa shape index (κ1) is 13.5. The zero-order valence-corrected chi connectivity index (χ0v) is 11.3. The molecule has 1 atom stereocenters. The molecule has 0 spiro atoms. The molecule has 8 heteroatoms. The van der Waals surface area contributed by atoms with Gasteiger partial charge in [-0.05, 0) is 5.92 Å². The molecule has 0 aromatic carbocycles. The van der Waals surface area contributed by atoms with E-state index in [4.69, 9.17) is 10.6 Å². The van der Waals surface area contributed by atoms with E-state index in [1.807, 2.05) is 0 Å². The van der Waals surface area contributed by atoms with Crippen LogP contribution < -0.4 is 16.6 Å². The Bertz CT molecular complexity index is 539. The second kappa shape index (κ2) is 5.81. The summed E-state index contributed by atoms with van der Waals surface area (Å²) in [6, 6.07) is 0.142. The molecular weight excluding hydrogens is 246 g/mol. The highest BCUT2D eigenvalue weighted by atomic mass is 16.5. The number of nitrogens with one attached hydrogen (secondary N) is 3. The van der Waals surface area contributed by atoms with E-state index < -0.39 is 0 Å². The molecule has 0 amide bonds. The van der Waals surface area contributed by atoms with Gasteiger partial charge in [0.25, 0.3) is 0 Å². The van der Waals surface area contributed by atoms with Gasteiger partial charge in [-0.25, -0.2) is 5.84 Å². The van der Waals surface area contributed by atoms with Crippen LogP contribution in [0.2, 0.25) is 0 Å². The van der Waals surface area contributed by atoms with E-state index in [-0.39, 0.29) is 6.04 Å². The number of nitrogens with zero attached hydrogens (tertiary/aromatic N) is 3. The van der Waals surface area contributed by atoms with Crippen LogP contribution in [-0.2, 0) is 4.74 Å². The van der Waals surface area contributed by atoms with Crippen molar-refractivity contribution in [1.29, 1.82) is 0 Å². The first-order chi connectivity index (χ1) is 9.15. The number of aromatic amines is 1. The van der Waals surface area contributed by atoms with Crippen molar-refractivity contribution in [3.63, 3.8) is 0 Å². The molecule has 0 fully saturated rings. The van der Waals surface area contributed by atoms with Gasteiger partial charge in [-0.2, -0.15) is 15.1 Å². The smallest absolute Gasteiger partial charge is 0.241 e. The molecule has 2 heterocycles. The molecule has 0 bridgehead atoms. The quantitative estimate of drug-likeness (QED) is 0.449. The topological polar surface area (TPSA) is 114 Å². The molecule has 0 aliphatic rings. The number of rotatable bonds is 6. The predicted molar refractivity (Wildman–Crippen MR) is 73.6 cm³/mol. The van der Waals surface area contributed by atoms with E-state index in [2.05, 4.69) is 44.8 Å². The van der Waals surface area contributed by atoms with Crippen molar-refractivity contribution in [2.45, 2.75) is 19.9 Å². The molecule has 5 N–H and O–H groups in total. The van der Waals surface area contributed by atoms with Crippen LogP contribution in [0.25, 0.3) is 11.0 Å². The fourth-order valence-corrected chi connectivity index (χ4v) is 1.77. The van der Waals surface area contributed by atoms with Crippen LogP contribution in [0.4, 0.5) is 11.8 Å². The molecule has 0 radical (unpaired) electrons. The molecule has 1 unspecified atom stereocenters. The minimum atomic E-state index is 0.142. The van der Waals surface area contributed by atoms with E-state index in [1.54, 1.807) is 13.3 Å². The molecular formula is C11H19N7O. The van der Waals surface area contributed by atoms with Crippen LogP contribution in [0.15, 0.2) is 6.20 Å². The van der Waals surface area contributed by atoms with Gasteiger partial charge in [0.15, 0.2) is 5.65 Å². The highest BCUT2D eigenvalue weighted by Crippen LogP contribution is 2.21. The summed E-state index contributed by atoms with van der Waals surface area (Å²) in [6.45, 7) is 4.82. The molecule has 0 saturated heterocycles. The summed E-state index contributed by atoms with van der Waals surface area (Å²) in [5.41, 5.74) is 3.07. The number of methoxy groups -OCH3 is 1. The molecule has 19 heavy (non-hydrogen) atoms. The average molecular weight is 265 g/mol. The average Bonchev–Trinajstić information content (AvgIpc) is 2.86. The number of H-pyrrole nitrogens is 1. The number of nitrogen functional groups attached to an aromatic ring is 1. The molecule has 0 aliphatic heterocycles. The van der Waals surface area contributed by atoms with Crippen molar-refractivity contribution in [2.75, 3.05) is 24.5 Å². The third kappa shape index (κ3) is 2.91. The van der Waals surface area contributed by atoms with Gasteiger partial charge < -0.3 is 10.1 Å². The third-order valence-electron chi connectivity index (χ3n) is 2.91. The Labute approximate surface area is 111 Å². The zero-order valence-electron chi connectivity index (χ0n) is 11.3. The van der Waals surface area contributed by atoms with E-state index in [0.717, 1.165) is 5.39 Å². The van der Waals surface area contributed by atoms with Crippen molar-refractivity contribution in [3.8, 4) is 0 Å². The number of hydrogen-bond donors (Lipinski definition) is 4. The van der Waals surface area contributed by atoms with Crippen LogP contribution in [-0.4, -0.2) is 39.9 Å². The number of hydrazine groups is 1. The summed E-state index contributed by atoms with van der Waals surface area (Å²) >= 11 is 0. The fourth-order valence-electron chi connectivity index (χ4n) is 1.77. The Morgan fingerprint density at radius 1 is 1.42 bits per heavy atom. The molecule has 0 saturated carbocycles. The molecule has 2 aromatic rings. The maximum Gasteiger partial charge on any atom is 0.241 e. The van der Waals surface area contributed by atoms with Crippen LogP contribution in [0.1, 0.15) is 13.8 Å². The normalized spacial score (nSPS) is 12.9. The summed E-state index contributed by atoms with van der Waals surface area (Å²) in [5.74, 6) is 6.78.